The lowest BCUT2D eigenvalue weighted by molar-refractivity contribution is -0.117. The second-order valence-electron chi connectivity index (χ2n) is 4.34. The number of benzene rings is 1. The van der Waals surface area contributed by atoms with Crippen molar-refractivity contribution >= 4 is 23.2 Å². The Labute approximate surface area is 98.8 Å². The summed E-state index contributed by atoms with van der Waals surface area (Å²) in [5.41, 5.74) is 5.58. The molecule has 0 unspecified atom stereocenters. The number of anilines is 1. The lowest BCUT2D eigenvalue weighted by Gasteiger charge is -2.17. The molecule has 0 saturated heterocycles. The minimum absolute atomic E-state index is 0.0233. The molecule has 3 nitrogen and oxygen atoms in total. The quantitative estimate of drug-likeness (QED) is 0.859. The molecular weight excluding hydrogens is 231 g/mol. The molecule has 0 bridgehead atoms. The first-order chi connectivity index (χ1) is 7.28. The van der Waals surface area contributed by atoms with Gasteiger partial charge in [-0.05, 0) is 32.0 Å². The summed E-state index contributed by atoms with van der Waals surface area (Å²) in [5, 5.41) is 2.57. The third-order valence-electron chi connectivity index (χ3n) is 1.82. The summed E-state index contributed by atoms with van der Waals surface area (Å²) < 4.78 is 12.8. The van der Waals surface area contributed by atoms with Gasteiger partial charge in [0.15, 0.2) is 0 Å². The second kappa shape index (κ2) is 4.80. The summed E-state index contributed by atoms with van der Waals surface area (Å²) in [6.07, 6.45) is 0.183. The van der Waals surface area contributed by atoms with E-state index in [0.717, 1.165) is 0 Å². The van der Waals surface area contributed by atoms with Crippen molar-refractivity contribution in [1.29, 1.82) is 0 Å². The van der Waals surface area contributed by atoms with E-state index >= 15 is 0 Å². The van der Waals surface area contributed by atoms with E-state index in [4.69, 9.17) is 17.3 Å². The molecule has 0 aliphatic rings. The summed E-state index contributed by atoms with van der Waals surface area (Å²) in [4.78, 5) is 11.5. The van der Waals surface area contributed by atoms with Crippen LogP contribution in [-0.2, 0) is 4.79 Å². The minimum atomic E-state index is -0.575. The maximum absolute atomic E-state index is 12.8. The van der Waals surface area contributed by atoms with Crippen molar-refractivity contribution in [3.05, 3.63) is 29.0 Å². The molecule has 0 aliphatic carbocycles. The zero-order valence-corrected chi connectivity index (χ0v) is 9.94. The van der Waals surface area contributed by atoms with Crippen molar-refractivity contribution in [2.24, 2.45) is 5.73 Å². The molecule has 1 aromatic carbocycles. The van der Waals surface area contributed by atoms with Crippen LogP contribution in [0.2, 0.25) is 5.02 Å². The van der Waals surface area contributed by atoms with Gasteiger partial charge in [-0.25, -0.2) is 4.39 Å². The summed E-state index contributed by atoms with van der Waals surface area (Å²) in [7, 11) is 0. The smallest absolute Gasteiger partial charge is 0.226 e. The van der Waals surface area contributed by atoms with Crippen LogP contribution in [0.4, 0.5) is 10.1 Å². The lowest BCUT2D eigenvalue weighted by atomic mass is 10.0. The van der Waals surface area contributed by atoms with Crippen LogP contribution < -0.4 is 11.1 Å². The molecule has 0 aliphatic heterocycles. The average molecular weight is 245 g/mol. The molecule has 88 valence electrons. The van der Waals surface area contributed by atoms with Crippen LogP contribution in [0.1, 0.15) is 20.3 Å². The predicted molar refractivity (Wildman–Crippen MR) is 62.9 cm³/mol. The number of nitrogens with one attached hydrogen (secondary N) is 1. The summed E-state index contributed by atoms with van der Waals surface area (Å²) in [6.45, 7) is 3.51. The molecule has 0 saturated carbocycles. The molecule has 5 heteroatoms. The van der Waals surface area contributed by atoms with E-state index in [-0.39, 0.29) is 17.4 Å². The molecule has 0 spiro atoms. The molecule has 1 amide bonds. The maximum Gasteiger partial charge on any atom is 0.226 e. The summed E-state index contributed by atoms with van der Waals surface area (Å²) >= 11 is 5.58. The number of hydrogen-bond acceptors (Lipinski definition) is 2. The average Bonchev–Trinajstić information content (AvgIpc) is 2.08. The fourth-order valence-electron chi connectivity index (χ4n) is 1.19. The van der Waals surface area contributed by atoms with Crippen molar-refractivity contribution < 1.29 is 9.18 Å². The van der Waals surface area contributed by atoms with E-state index < -0.39 is 11.4 Å². The maximum atomic E-state index is 12.8. The van der Waals surface area contributed by atoms with E-state index in [1.165, 1.54) is 18.2 Å². The molecule has 1 aromatic rings. The normalized spacial score (nSPS) is 11.3. The highest BCUT2D eigenvalue weighted by atomic mass is 35.5. The molecule has 0 atom stereocenters. The summed E-state index contributed by atoms with van der Waals surface area (Å²) in [5.74, 6) is -0.742. The number of rotatable bonds is 3. The van der Waals surface area contributed by atoms with Crippen LogP contribution in [0.3, 0.4) is 0 Å². The predicted octanol–water partition coefficient (Wildman–Crippen LogP) is 2.54. The number of nitrogens with two attached hydrogens (primary N) is 1. The van der Waals surface area contributed by atoms with E-state index in [9.17, 15) is 9.18 Å². The van der Waals surface area contributed by atoms with Gasteiger partial charge in [0.1, 0.15) is 5.82 Å². The van der Waals surface area contributed by atoms with Crippen molar-refractivity contribution in [2.45, 2.75) is 25.8 Å². The first-order valence-corrected chi connectivity index (χ1v) is 5.19. The van der Waals surface area contributed by atoms with E-state index in [1.54, 1.807) is 13.8 Å². The highest BCUT2D eigenvalue weighted by Gasteiger charge is 2.16. The Hall–Kier alpha value is -1.13. The van der Waals surface area contributed by atoms with Crippen LogP contribution in [-0.4, -0.2) is 11.4 Å². The van der Waals surface area contributed by atoms with Crippen molar-refractivity contribution in [3.8, 4) is 0 Å². The van der Waals surface area contributed by atoms with Gasteiger partial charge in [0, 0.05) is 17.6 Å². The Morgan fingerprint density at radius 1 is 1.56 bits per heavy atom. The van der Waals surface area contributed by atoms with Crippen LogP contribution in [0, 0.1) is 5.82 Å². The van der Waals surface area contributed by atoms with E-state index in [2.05, 4.69) is 5.32 Å². The first-order valence-electron chi connectivity index (χ1n) is 4.82. The van der Waals surface area contributed by atoms with E-state index in [1.807, 2.05) is 0 Å². The number of hydrogen-bond donors (Lipinski definition) is 2. The molecule has 1 rings (SSSR count). The lowest BCUT2D eigenvalue weighted by Crippen LogP contribution is -2.36. The fraction of sp³-hybridized carbons (Fsp3) is 0.364. The second-order valence-corrected chi connectivity index (χ2v) is 4.75. The molecule has 0 radical (unpaired) electrons. The Morgan fingerprint density at radius 3 is 2.69 bits per heavy atom. The van der Waals surface area contributed by atoms with Gasteiger partial charge in [-0.1, -0.05) is 11.6 Å². The molecule has 16 heavy (non-hydrogen) atoms. The fourth-order valence-corrected chi connectivity index (χ4v) is 1.37. The van der Waals surface area contributed by atoms with Crippen molar-refractivity contribution in [1.82, 2.24) is 0 Å². The van der Waals surface area contributed by atoms with Crippen LogP contribution in [0.25, 0.3) is 0 Å². The van der Waals surface area contributed by atoms with Crippen LogP contribution >= 0.6 is 11.6 Å². The molecule has 3 N–H and O–H groups in total. The van der Waals surface area contributed by atoms with Gasteiger partial charge in [0.05, 0.1) is 5.02 Å². The van der Waals surface area contributed by atoms with Gasteiger partial charge in [-0.3, -0.25) is 4.79 Å². The van der Waals surface area contributed by atoms with Gasteiger partial charge in [0.2, 0.25) is 5.91 Å². The highest BCUT2D eigenvalue weighted by molar-refractivity contribution is 6.31. The molecule has 0 aromatic heterocycles. The Balaban J connectivity index is 2.67. The van der Waals surface area contributed by atoms with Crippen LogP contribution in [0.15, 0.2) is 18.2 Å². The highest BCUT2D eigenvalue weighted by Crippen LogP contribution is 2.19. The first kappa shape index (κ1) is 12.9. The zero-order valence-electron chi connectivity index (χ0n) is 9.18. The topological polar surface area (TPSA) is 55.1 Å². The number of halogens is 2. The van der Waals surface area contributed by atoms with Crippen molar-refractivity contribution in [3.63, 3.8) is 0 Å². The molecule has 0 heterocycles. The third kappa shape index (κ3) is 4.16. The minimum Gasteiger partial charge on any atom is -0.326 e. The van der Waals surface area contributed by atoms with Gasteiger partial charge >= 0.3 is 0 Å². The SMILES string of the molecule is CC(C)(N)CC(=O)Nc1ccc(F)c(Cl)c1. The van der Waals surface area contributed by atoms with Gasteiger partial charge in [0.25, 0.3) is 0 Å². The number of carbonyl (C=O) groups is 1. The third-order valence-corrected chi connectivity index (χ3v) is 2.11. The molecule has 0 fully saturated rings. The number of amides is 1. The standard InChI is InChI=1S/C11H14ClFN2O/c1-11(2,14)6-10(16)15-7-3-4-9(13)8(12)5-7/h3-5H,6,14H2,1-2H3,(H,15,16). The Morgan fingerprint density at radius 2 is 2.19 bits per heavy atom. The largest absolute Gasteiger partial charge is 0.326 e. The van der Waals surface area contributed by atoms with Crippen molar-refractivity contribution in [2.75, 3.05) is 5.32 Å². The Kier molecular flexibility index (Phi) is 3.88. The monoisotopic (exact) mass is 244 g/mol. The van der Waals surface area contributed by atoms with Gasteiger partial charge in [-0.2, -0.15) is 0 Å². The summed E-state index contributed by atoms with van der Waals surface area (Å²) in [6, 6.07) is 4.01. The van der Waals surface area contributed by atoms with Gasteiger partial charge in [-0.15, -0.1) is 0 Å². The number of carbonyl (C=O) groups excluding carboxylic acids is 1. The van der Waals surface area contributed by atoms with E-state index in [0.29, 0.717) is 5.69 Å². The zero-order chi connectivity index (χ0) is 12.3. The Bertz CT molecular complexity index is 401. The van der Waals surface area contributed by atoms with Crippen LogP contribution in [0.5, 0.6) is 0 Å². The van der Waals surface area contributed by atoms with Gasteiger partial charge < -0.3 is 11.1 Å². The molecular formula is C11H14ClFN2O.